The first-order valence-corrected chi connectivity index (χ1v) is 7.12. The van der Waals surface area contributed by atoms with Gasteiger partial charge in [0.2, 0.25) is 0 Å². The fourth-order valence-electron chi connectivity index (χ4n) is 1.26. The highest BCUT2D eigenvalue weighted by atomic mass is 79.9. The average molecular weight is 321 g/mol. The van der Waals surface area contributed by atoms with Crippen LogP contribution in [0.2, 0.25) is 0 Å². The summed E-state index contributed by atoms with van der Waals surface area (Å²) in [4.78, 5) is 12.4. The van der Waals surface area contributed by atoms with Gasteiger partial charge in [0.05, 0.1) is 12.0 Å². The van der Waals surface area contributed by atoms with Crippen LogP contribution in [-0.2, 0) is 0 Å². The van der Waals surface area contributed by atoms with Gasteiger partial charge in [0, 0.05) is 19.2 Å². The van der Waals surface area contributed by atoms with E-state index in [1.165, 1.54) is 11.3 Å². The van der Waals surface area contributed by atoms with Gasteiger partial charge in [-0.25, -0.2) is 0 Å². The Labute approximate surface area is 114 Å². The summed E-state index contributed by atoms with van der Waals surface area (Å²) < 4.78 is 5.95. The van der Waals surface area contributed by atoms with Crippen LogP contribution in [0.3, 0.4) is 0 Å². The minimum absolute atomic E-state index is 0.0581. The number of hydrogen-bond acceptors (Lipinski definition) is 4. The van der Waals surface area contributed by atoms with E-state index in [4.69, 9.17) is 4.74 Å². The SMILES string of the molecule is CCCNCCNC(=O)c1cc(OC)c(Br)s1. The van der Waals surface area contributed by atoms with Crippen molar-refractivity contribution in [3.05, 3.63) is 14.7 Å². The molecule has 0 bridgehead atoms. The van der Waals surface area contributed by atoms with Crippen molar-refractivity contribution in [2.75, 3.05) is 26.7 Å². The number of hydrogen-bond donors (Lipinski definition) is 2. The Morgan fingerprint density at radius 1 is 1.47 bits per heavy atom. The van der Waals surface area contributed by atoms with Gasteiger partial charge in [-0.05, 0) is 28.9 Å². The lowest BCUT2D eigenvalue weighted by atomic mass is 10.4. The van der Waals surface area contributed by atoms with Crippen LogP contribution < -0.4 is 15.4 Å². The molecule has 1 aromatic heterocycles. The maximum Gasteiger partial charge on any atom is 0.261 e. The second-order valence-corrected chi connectivity index (χ2v) is 5.83. The molecule has 2 N–H and O–H groups in total. The zero-order valence-corrected chi connectivity index (χ0v) is 12.4. The second kappa shape index (κ2) is 7.68. The Bertz CT molecular complexity index is 368. The van der Waals surface area contributed by atoms with Crippen molar-refractivity contribution < 1.29 is 9.53 Å². The average Bonchev–Trinajstić information content (AvgIpc) is 2.70. The van der Waals surface area contributed by atoms with E-state index in [9.17, 15) is 4.79 Å². The van der Waals surface area contributed by atoms with Crippen LogP contribution in [0.5, 0.6) is 5.75 Å². The molecule has 96 valence electrons. The molecule has 0 fully saturated rings. The summed E-state index contributed by atoms with van der Waals surface area (Å²) in [5.41, 5.74) is 0. The van der Waals surface area contributed by atoms with Gasteiger partial charge in [-0.2, -0.15) is 0 Å². The molecule has 0 atom stereocenters. The third-order valence-corrected chi connectivity index (χ3v) is 3.89. The van der Waals surface area contributed by atoms with Gasteiger partial charge in [-0.1, -0.05) is 6.92 Å². The van der Waals surface area contributed by atoms with Crippen LogP contribution in [0.4, 0.5) is 0 Å². The fraction of sp³-hybridized carbons (Fsp3) is 0.545. The molecule has 0 aromatic carbocycles. The van der Waals surface area contributed by atoms with Gasteiger partial charge < -0.3 is 15.4 Å². The van der Waals surface area contributed by atoms with E-state index in [-0.39, 0.29) is 5.91 Å². The first-order valence-electron chi connectivity index (χ1n) is 5.51. The van der Waals surface area contributed by atoms with Crippen LogP contribution in [0.15, 0.2) is 9.85 Å². The number of methoxy groups -OCH3 is 1. The number of halogens is 1. The topological polar surface area (TPSA) is 50.4 Å². The summed E-state index contributed by atoms with van der Waals surface area (Å²) in [6, 6.07) is 1.74. The molecule has 0 aliphatic rings. The Morgan fingerprint density at radius 3 is 2.82 bits per heavy atom. The van der Waals surface area contributed by atoms with Crippen molar-refractivity contribution >= 4 is 33.2 Å². The number of nitrogens with one attached hydrogen (secondary N) is 2. The molecule has 17 heavy (non-hydrogen) atoms. The Balaban J connectivity index is 2.36. The van der Waals surface area contributed by atoms with Gasteiger partial charge in [-0.15, -0.1) is 11.3 Å². The summed E-state index contributed by atoms with van der Waals surface area (Å²) in [5.74, 6) is 0.640. The number of carbonyl (C=O) groups is 1. The van der Waals surface area contributed by atoms with Gasteiger partial charge >= 0.3 is 0 Å². The van der Waals surface area contributed by atoms with E-state index in [1.54, 1.807) is 13.2 Å². The Morgan fingerprint density at radius 2 is 2.24 bits per heavy atom. The number of ether oxygens (including phenoxy) is 1. The minimum atomic E-state index is -0.0581. The molecule has 1 heterocycles. The van der Waals surface area contributed by atoms with Gasteiger partial charge in [0.15, 0.2) is 0 Å². The normalized spacial score (nSPS) is 10.3. The maximum atomic E-state index is 11.8. The minimum Gasteiger partial charge on any atom is -0.495 e. The molecule has 0 aliphatic heterocycles. The van der Waals surface area contributed by atoms with E-state index < -0.39 is 0 Å². The molecule has 0 saturated heterocycles. The molecule has 1 amide bonds. The molecule has 0 radical (unpaired) electrons. The Kier molecular flexibility index (Phi) is 6.54. The predicted octanol–water partition coefficient (Wildman–Crippen LogP) is 2.25. The smallest absolute Gasteiger partial charge is 0.261 e. The highest BCUT2D eigenvalue weighted by Gasteiger charge is 2.12. The van der Waals surface area contributed by atoms with E-state index in [0.717, 1.165) is 23.3 Å². The van der Waals surface area contributed by atoms with Gasteiger partial charge in [0.1, 0.15) is 9.54 Å². The molecular formula is C11H17BrN2O2S. The van der Waals surface area contributed by atoms with Crippen molar-refractivity contribution in [1.29, 1.82) is 0 Å². The summed E-state index contributed by atoms with van der Waals surface area (Å²) in [6.07, 6.45) is 1.10. The van der Waals surface area contributed by atoms with Gasteiger partial charge in [-0.3, -0.25) is 4.79 Å². The highest BCUT2D eigenvalue weighted by Crippen LogP contribution is 2.34. The van der Waals surface area contributed by atoms with Gasteiger partial charge in [0.25, 0.3) is 5.91 Å². The number of rotatable bonds is 7. The molecule has 0 saturated carbocycles. The number of amides is 1. The summed E-state index contributed by atoms with van der Waals surface area (Å²) in [6.45, 7) is 4.52. The van der Waals surface area contributed by atoms with E-state index in [1.807, 2.05) is 0 Å². The second-order valence-electron chi connectivity index (χ2n) is 3.46. The van der Waals surface area contributed by atoms with E-state index in [0.29, 0.717) is 17.2 Å². The molecule has 6 heteroatoms. The van der Waals surface area contributed by atoms with E-state index in [2.05, 4.69) is 33.5 Å². The molecule has 1 aromatic rings. The van der Waals surface area contributed by atoms with Crippen LogP contribution in [0.1, 0.15) is 23.0 Å². The van der Waals surface area contributed by atoms with Crippen LogP contribution in [0.25, 0.3) is 0 Å². The molecule has 1 rings (SSSR count). The van der Waals surface area contributed by atoms with Crippen molar-refractivity contribution in [2.45, 2.75) is 13.3 Å². The van der Waals surface area contributed by atoms with Crippen molar-refractivity contribution in [2.24, 2.45) is 0 Å². The Hall–Kier alpha value is -0.590. The first-order chi connectivity index (χ1) is 8.19. The number of thiophene rings is 1. The quantitative estimate of drug-likeness (QED) is 0.758. The lowest BCUT2D eigenvalue weighted by Crippen LogP contribution is -2.31. The summed E-state index contributed by atoms with van der Waals surface area (Å²) >= 11 is 4.72. The largest absolute Gasteiger partial charge is 0.495 e. The predicted molar refractivity (Wildman–Crippen MR) is 74.1 cm³/mol. The highest BCUT2D eigenvalue weighted by molar-refractivity contribution is 9.11. The fourth-order valence-corrected chi connectivity index (χ4v) is 2.82. The molecule has 0 unspecified atom stereocenters. The van der Waals surface area contributed by atoms with E-state index >= 15 is 0 Å². The van der Waals surface area contributed by atoms with Crippen LogP contribution >= 0.6 is 27.3 Å². The maximum absolute atomic E-state index is 11.8. The zero-order valence-electron chi connectivity index (χ0n) is 10.0. The molecule has 0 aliphatic carbocycles. The number of carbonyl (C=O) groups excluding carboxylic acids is 1. The lowest BCUT2D eigenvalue weighted by Gasteiger charge is -2.04. The lowest BCUT2D eigenvalue weighted by molar-refractivity contribution is 0.0958. The zero-order chi connectivity index (χ0) is 12.7. The third-order valence-electron chi connectivity index (χ3n) is 2.11. The standard InChI is InChI=1S/C11H17BrN2O2S/c1-3-4-13-5-6-14-11(15)9-7-8(16-2)10(12)17-9/h7,13H,3-6H2,1-2H3,(H,14,15). The van der Waals surface area contributed by atoms with Crippen LogP contribution in [-0.4, -0.2) is 32.7 Å². The third kappa shape index (κ3) is 4.65. The molecular weight excluding hydrogens is 304 g/mol. The molecule has 0 spiro atoms. The first kappa shape index (κ1) is 14.5. The summed E-state index contributed by atoms with van der Waals surface area (Å²) in [7, 11) is 1.59. The van der Waals surface area contributed by atoms with Crippen LogP contribution in [0, 0.1) is 0 Å². The van der Waals surface area contributed by atoms with Crippen molar-refractivity contribution in [3.8, 4) is 5.75 Å². The van der Waals surface area contributed by atoms with Crippen molar-refractivity contribution in [3.63, 3.8) is 0 Å². The molecule has 4 nitrogen and oxygen atoms in total. The summed E-state index contributed by atoms with van der Waals surface area (Å²) in [5, 5.41) is 6.08. The monoisotopic (exact) mass is 320 g/mol. The van der Waals surface area contributed by atoms with Crippen molar-refractivity contribution in [1.82, 2.24) is 10.6 Å².